The lowest BCUT2D eigenvalue weighted by atomic mass is 9.99. The van der Waals surface area contributed by atoms with Crippen LogP contribution in [-0.4, -0.2) is 30.0 Å². The molecule has 2 aromatic rings. The summed E-state index contributed by atoms with van der Waals surface area (Å²) in [7, 11) is 0. The van der Waals surface area contributed by atoms with Gasteiger partial charge in [0.1, 0.15) is 0 Å². The Labute approximate surface area is 176 Å². The average molecular weight is 426 g/mol. The third-order valence-corrected chi connectivity index (χ3v) is 4.26. The number of pyridine rings is 1. The predicted octanol–water partition coefficient (Wildman–Crippen LogP) is 3.19. The van der Waals surface area contributed by atoms with Crippen molar-refractivity contribution >= 4 is 48.1 Å². The van der Waals surface area contributed by atoms with Gasteiger partial charge in [0.25, 0.3) is 0 Å². The van der Waals surface area contributed by atoms with E-state index in [0.29, 0.717) is 24.5 Å². The van der Waals surface area contributed by atoms with Gasteiger partial charge in [0.15, 0.2) is 0 Å². The molecule has 1 aliphatic rings. The highest BCUT2D eigenvalue weighted by Crippen LogP contribution is 2.18. The molecule has 28 heavy (non-hydrogen) atoms. The molecule has 0 spiro atoms. The van der Waals surface area contributed by atoms with Crippen LogP contribution in [0.15, 0.2) is 48.8 Å². The van der Waals surface area contributed by atoms with E-state index in [2.05, 4.69) is 26.3 Å². The molecule has 1 aliphatic heterocycles. The highest BCUT2D eigenvalue weighted by molar-refractivity contribution is 5.94. The standard InChI is InChI=1S/C19H23N5O2.2ClH/c25-18(15-3-2-8-21-13-15)23-16-4-1-5-17(11-16)24-19(26)22-12-14-6-9-20-10-7-14;;/h1,4-7,9-11,15,21H,2-3,8,12-13H2,(H,23,25)(H2,22,24,26);2*1H. The number of halogens is 2. The van der Waals surface area contributed by atoms with E-state index < -0.39 is 0 Å². The van der Waals surface area contributed by atoms with Gasteiger partial charge in [-0.3, -0.25) is 9.78 Å². The Hall–Kier alpha value is -2.35. The number of anilines is 2. The van der Waals surface area contributed by atoms with Crippen LogP contribution in [0.3, 0.4) is 0 Å². The molecule has 9 heteroatoms. The Balaban J connectivity index is 0.00000196. The Morgan fingerprint density at radius 2 is 1.79 bits per heavy atom. The molecule has 3 amide bonds. The van der Waals surface area contributed by atoms with Gasteiger partial charge >= 0.3 is 6.03 Å². The summed E-state index contributed by atoms with van der Waals surface area (Å²) in [6.45, 7) is 2.10. The lowest BCUT2D eigenvalue weighted by Crippen LogP contribution is -2.37. The normalized spacial score (nSPS) is 15.4. The average Bonchev–Trinajstić information content (AvgIpc) is 2.68. The van der Waals surface area contributed by atoms with E-state index in [1.165, 1.54) is 0 Å². The van der Waals surface area contributed by atoms with Gasteiger partial charge in [0.05, 0.1) is 5.92 Å². The van der Waals surface area contributed by atoms with Crippen LogP contribution in [0.2, 0.25) is 0 Å². The van der Waals surface area contributed by atoms with Crippen molar-refractivity contribution in [1.29, 1.82) is 0 Å². The van der Waals surface area contributed by atoms with Crippen LogP contribution in [0.4, 0.5) is 16.2 Å². The number of nitrogens with one attached hydrogen (secondary N) is 4. The number of piperidine rings is 1. The Morgan fingerprint density at radius 1 is 1.07 bits per heavy atom. The lowest BCUT2D eigenvalue weighted by Gasteiger charge is -2.22. The maximum absolute atomic E-state index is 12.3. The van der Waals surface area contributed by atoms with Gasteiger partial charge in [0.2, 0.25) is 5.91 Å². The predicted molar refractivity (Wildman–Crippen MR) is 115 cm³/mol. The SMILES string of the molecule is Cl.Cl.O=C(NCc1ccncc1)Nc1cccc(NC(=O)C2CCCNC2)c1. The molecule has 3 rings (SSSR count). The summed E-state index contributed by atoms with van der Waals surface area (Å²) in [5.74, 6) is 0.000477. The minimum Gasteiger partial charge on any atom is -0.334 e. The van der Waals surface area contributed by atoms with Gasteiger partial charge in [-0.25, -0.2) is 4.79 Å². The second-order valence-electron chi connectivity index (χ2n) is 6.28. The van der Waals surface area contributed by atoms with Crippen LogP contribution in [0.1, 0.15) is 18.4 Å². The fourth-order valence-corrected chi connectivity index (χ4v) is 2.85. The number of carbonyl (C=O) groups excluding carboxylic acids is 2. The van der Waals surface area contributed by atoms with Crippen LogP contribution in [0.25, 0.3) is 0 Å². The highest BCUT2D eigenvalue weighted by atomic mass is 35.5. The van der Waals surface area contributed by atoms with E-state index in [9.17, 15) is 9.59 Å². The van der Waals surface area contributed by atoms with Gasteiger partial charge in [-0.2, -0.15) is 0 Å². The van der Waals surface area contributed by atoms with Crippen LogP contribution in [0.5, 0.6) is 0 Å². The van der Waals surface area contributed by atoms with E-state index >= 15 is 0 Å². The minimum atomic E-state index is -0.304. The fraction of sp³-hybridized carbons (Fsp3) is 0.316. The summed E-state index contributed by atoms with van der Waals surface area (Å²) in [4.78, 5) is 28.3. The maximum Gasteiger partial charge on any atom is 0.319 e. The molecular weight excluding hydrogens is 401 g/mol. The first-order valence-corrected chi connectivity index (χ1v) is 8.76. The van der Waals surface area contributed by atoms with Gasteiger partial charge in [0, 0.05) is 36.9 Å². The smallest absolute Gasteiger partial charge is 0.319 e. The minimum absolute atomic E-state index is 0. The van der Waals surface area contributed by atoms with Gasteiger partial charge in [-0.05, 0) is 55.3 Å². The van der Waals surface area contributed by atoms with Crippen molar-refractivity contribution in [2.24, 2.45) is 5.92 Å². The maximum atomic E-state index is 12.3. The van der Waals surface area contributed by atoms with Gasteiger partial charge in [-0.15, -0.1) is 24.8 Å². The van der Waals surface area contributed by atoms with Crippen molar-refractivity contribution in [2.45, 2.75) is 19.4 Å². The number of hydrogen-bond donors (Lipinski definition) is 4. The molecule has 2 heterocycles. The second kappa shape index (κ2) is 12.2. The second-order valence-corrected chi connectivity index (χ2v) is 6.28. The molecule has 1 fully saturated rings. The van der Waals surface area contributed by atoms with E-state index in [1.54, 1.807) is 30.6 Å². The van der Waals surface area contributed by atoms with E-state index in [-0.39, 0.29) is 42.7 Å². The molecule has 0 radical (unpaired) electrons. The topological polar surface area (TPSA) is 95.2 Å². The quantitative estimate of drug-likeness (QED) is 0.591. The summed E-state index contributed by atoms with van der Waals surface area (Å²) < 4.78 is 0. The molecule has 0 aliphatic carbocycles. The van der Waals surface area contributed by atoms with Crippen molar-refractivity contribution < 1.29 is 9.59 Å². The molecule has 1 saturated heterocycles. The van der Waals surface area contributed by atoms with E-state index in [4.69, 9.17) is 0 Å². The summed E-state index contributed by atoms with van der Waals surface area (Å²) in [6, 6.07) is 10.5. The van der Waals surface area contributed by atoms with Crippen molar-refractivity contribution in [3.63, 3.8) is 0 Å². The molecular formula is C19H25Cl2N5O2. The summed E-state index contributed by atoms with van der Waals surface area (Å²) in [5, 5.41) is 11.7. The first kappa shape index (κ1) is 23.7. The third-order valence-electron chi connectivity index (χ3n) is 4.26. The number of hydrogen-bond acceptors (Lipinski definition) is 4. The number of carbonyl (C=O) groups is 2. The van der Waals surface area contributed by atoms with E-state index in [0.717, 1.165) is 24.9 Å². The molecule has 1 aromatic carbocycles. The number of aromatic nitrogens is 1. The molecule has 0 bridgehead atoms. The molecule has 4 N–H and O–H groups in total. The number of rotatable bonds is 5. The zero-order valence-electron chi connectivity index (χ0n) is 15.3. The molecule has 7 nitrogen and oxygen atoms in total. The third kappa shape index (κ3) is 7.34. The first-order chi connectivity index (χ1) is 12.7. The van der Waals surface area contributed by atoms with Crippen molar-refractivity contribution in [3.8, 4) is 0 Å². The summed E-state index contributed by atoms with van der Waals surface area (Å²) in [6.07, 6.45) is 5.28. The Morgan fingerprint density at radius 3 is 2.46 bits per heavy atom. The van der Waals surface area contributed by atoms with Gasteiger partial charge in [-0.1, -0.05) is 6.07 Å². The number of amides is 3. The van der Waals surface area contributed by atoms with Crippen molar-refractivity contribution in [2.75, 3.05) is 23.7 Å². The Bertz CT molecular complexity index is 755. The van der Waals surface area contributed by atoms with Gasteiger partial charge < -0.3 is 21.3 Å². The number of nitrogens with zero attached hydrogens (tertiary/aromatic N) is 1. The molecule has 0 saturated carbocycles. The number of urea groups is 1. The lowest BCUT2D eigenvalue weighted by molar-refractivity contribution is -0.120. The molecule has 152 valence electrons. The molecule has 1 aromatic heterocycles. The molecule has 1 atom stereocenters. The van der Waals surface area contributed by atoms with Crippen LogP contribution >= 0.6 is 24.8 Å². The van der Waals surface area contributed by atoms with Crippen LogP contribution in [0, 0.1) is 5.92 Å². The van der Waals surface area contributed by atoms with Crippen molar-refractivity contribution in [3.05, 3.63) is 54.4 Å². The largest absolute Gasteiger partial charge is 0.334 e. The zero-order chi connectivity index (χ0) is 18.2. The first-order valence-electron chi connectivity index (χ1n) is 8.76. The summed E-state index contributed by atoms with van der Waals surface area (Å²) >= 11 is 0. The molecule has 1 unspecified atom stereocenters. The van der Waals surface area contributed by atoms with Crippen molar-refractivity contribution in [1.82, 2.24) is 15.6 Å². The summed E-state index contributed by atoms with van der Waals surface area (Å²) in [5.41, 5.74) is 2.27. The van der Waals surface area contributed by atoms with Crippen LogP contribution in [-0.2, 0) is 11.3 Å². The highest BCUT2D eigenvalue weighted by Gasteiger charge is 2.20. The van der Waals surface area contributed by atoms with E-state index in [1.807, 2.05) is 18.2 Å². The number of benzene rings is 1. The fourth-order valence-electron chi connectivity index (χ4n) is 2.85. The van der Waals surface area contributed by atoms with Crippen LogP contribution < -0.4 is 21.3 Å². The monoisotopic (exact) mass is 425 g/mol. The Kier molecular flexibility index (Phi) is 10.3. The zero-order valence-corrected chi connectivity index (χ0v) is 16.9.